The molecule has 1 aliphatic rings. The van der Waals surface area contributed by atoms with Crippen molar-refractivity contribution in [3.05, 3.63) is 70.1 Å². The fourth-order valence-electron chi connectivity index (χ4n) is 4.32. The van der Waals surface area contributed by atoms with Gasteiger partial charge in [0.2, 0.25) is 0 Å². The molecule has 1 fully saturated rings. The van der Waals surface area contributed by atoms with Crippen LogP contribution in [0.1, 0.15) is 42.2 Å². The Morgan fingerprint density at radius 2 is 1.73 bits per heavy atom. The molecule has 0 radical (unpaired) electrons. The Labute approximate surface area is 194 Å². The first-order chi connectivity index (χ1) is 16.1. The Bertz CT molecular complexity index is 1170. The van der Waals surface area contributed by atoms with Crippen molar-refractivity contribution in [3.63, 3.8) is 0 Å². The van der Waals surface area contributed by atoms with Gasteiger partial charge in [0.15, 0.2) is 5.69 Å². The summed E-state index contributed by atoms with van der Waals surface area (Å²) in [6.45, 7) is 6.18. The van der Waals surface area contributed by atoms with Crippen molar-refractivity contribution in [1.29, 1.82) is 0 Å². The van der Waals surface area contributed by atoms with Crippen LogP contribution in [0, 0.1) is 0 Å². The molecule has 1 saturated heterocycles. The summed E-state index contributed by atoms with van der Waals surface area (Å²) in [6.07, 6.45) is 2.93. The number of nitrogens with zero attached hydrogens (tertiary/aromatic N) is 4. The van der Waals surface area contributed by atoms with E-state index in [0.717, 1.165) is 43.6 Å². The summed E-state index contributed by atoms with van der Waals surface area (Å²) in [5.41, 5.74) is 2.39. The zero-order valence-corrected chi connectivity index (χ0v) is 19.5. The smallest absolute Gasteiger partial charge is 0.274 e. The van der Waals surface area contributed by atoms with Crippen LogP contribution in [0.25, 0.3) is 10.8 Å². The normalized spacial score (nSPS) is 13.9. The van der Waals surface area contributed by atoms with Crippen molar-refractivity contribution in [2.75, 3.05) is 38.3 Å². The van der Waals surface area contributed by atoms with E-state index in [1.165, 1.54) is 4.68 Å². The number of morpholine rings is 1. The molecule has 4 rings (SSSR count). The summed E-state index contributed by atoms with van der Waals surface area (Å²) in [4.78, 5) is 30.5. The Morgan fingerprint density at radius 3 is 2.48 bits per heavy atom. The number of fused-ring (bicyclic) bond motifs is 1. The SMILES string of the molecule is CCCCCn1nc(C(=O)N(C)Cc2ccccc2N2CCOCC2)c2ccccc2c1=O. The van der Waals surface area contributed by atoms with Gasteiger partial charge in [0.05, 0.1) is 18.6 Å². The highest BCUT2D eigenvalue weighted by atomic mass is 16.5. The van der Waals surface area contributed by atoms with Gasteiger partial charge >= 0.3 is 0 Å². The first kappa shape index (κ1) is 23.0. The standard InChI is InChI=1S/C26H32N4O3/c1-3-4-9-14-30-25(31)22-12-7-6-11-21(22)24(27-30)26(32)28(2)19-20-10-5-8-13-23(20)29-15-17-33-18-16-29/h5-8,10-13H,3-4,9,14-19H2,1-2H3. The molecule has 1 amide bonds. The number of anilines is 1. The van der Waals surface area contributed by atoms with Crippen molar-refractivity contribution < 1.29 is 9.53 Å². The lowest BCUT2D eigenvalue weighted by atomic mass is 10.1. The van der Waals surface area contributed by atoms with E-state index >= 15 is 0 Å². The molecule has 0 aliphatic carbocycles. The molecule has 7 heteroatoms. The molecule has 0 atom stereocenters. The number of carbonyl (C=O) groups excluding carboxylic acids is 1. The number of carbonyl (C=O) groups is 1. The topological polar surface area (TPSA) is 67.7 Å². The number of aromatic nitrogens is 2. The Morgan fingerprint density at radius 1 is 1.03 bits per heavy atom. The highest BCUT2D eigenvalue weighted by Gasteiger charge is 2.22. The number of benzene rings is 2. The van der Waals surface area contributed by atoms with Gasteiger partial charge < -0.3 is 14.5 Å². The number of ether oxygens (including phenoxy) is 1. The molecule has 3 aromatic rings. The quantitative estimate of drug-likeness (QED) is 0.492. The number of aryl methyl sites for hydroxylation is 1. The van der Waals surface area contributed by atoms with Crippen molar-refractivity contribution >= 4 is 22.4 Å². The van der Waals surface area contributed by atoms with Crippen molar-refractivity contribution in [2.45, 2.75) is 39.3 Å². The lowest BCUT2D eigenvalue weighted by Crippen LogP contribution is -2.37. The number of para-hydroxylation sites is 1. The molecule has 0 spiro atoms. The van der Waals surface area contributed by atoms with Crippen LogP contribution in [0.5, 0.6) is 0 Å². The van der Waals surface area contributed by atoms with Crippen LogP contribution in [-0.4, -0.2) is 53.9 Å². The maximum atomic E-state index is 13.6. The maximum absolute atomic E-state index is 13.6. The second-order valence-electron chi connectivity index (χ2n) is 8.52. The van der Waals surface area contributed by atoms with Gasteiger partial charge in [-0.1, -0.05) is 56.2 Å². The molecule has 0 N–H and O–H groups in total. The van der Waals surface area contributed by atoms with Crippen LogP contribution in [0.15, 0.2) is 53.3 Å². The molecule has 0 saturated carbocycles. The summed E-state index contributed by atoms with van der Waals surface area (Å²) < 4.78 is 6.95. The molecule has 2 heterocycles. The third-order valence-electron chi connectivity index (χ3n) is 6.14. The first-order valence-electron chi connectivity index (χ1n) is 11.8. The lowest BCUT2D eigenvalue weighted by Gasteiger charge is -2.31. The molecular formula is C26H32N4O3. The highest BCUT2D eigenvalue weighted by molar-refractivity contribution is 6.04. The predicted molar refractivity (Wildman–Crippen MR) is 131 cm³/mol. The van der Waals surface area contributed by atoms with Gasteiger partial charge in [-0.3, -0.25) is 9.59 Å². The summed E-state index contributed by atoms with van der Waals surface area (Å²) in [6, 6.07) is 15.4. The van der Waals surface area contributed by atoms with E-state index in [0.29, 0.717) is 42.8 Å². The Hall–Kier alpha value is -3.19. The van der Waals surface area contributed by atoms with Crippen LogP contribution >= 0.6 is 0 Å². The van der Waals surface area contributed by atoms with Crippen molar-refractivity contribution in [2.24, 2.45) is 0 Å². The fraction of sp³-hybridized carbons (Fsp3) is 0.423. The van der Waals surface area contributed by atoms with E-state index in [1.807, 2.05) is 30.3 Å². The van der Waals surface area contributed by atoms with Crippen LogP contribution < -0.4 is 10.5 Å². The zero-order valence-electron chi connectivity index (χ0n) is 19.5. The van der Waals surface area contributed by atoms with Gasteiger partial charge in [-0.05, 0) is 24.1 Å². The number of amides is 1. The van der Waals surface area contributed by atoms with Gasteiger partial charge in [0.1, 0.15) is 0 Å². The minimum atomic E-state index is -0.188. The van der Waals surface area contributed by atoms with E-state index in [1.54, 1.807) is 18.0 Å². The molecule has 0 bridgehead atoms. The first-order valence-corrected chi connectivity index (χ1v) is 11.8. The lowest BCUT2D eigenvalue weighted by molar-refractivity contribution is 0.0778. The third-order valence-corrected chi connectivity index (χ3v) is 6.14. The predicted octanol–water partition coefficient (Wildman–Crippen LogP) is 3.70. The highest BCUT2D eigenvalue weighted by Crippen LogP contribution is 2.24. The summed E-state index contributed by atoms with van der Waals surface area (Å²) in [5, 5.41) is 5.67. The average molecular weight is 449 g/mol. The van der Waals surface area contributed by atoms with E-state index in [4.69, 9.17) is 4.74 Å². The molecule has 174 valence electrons. The van der Waals surface area contributed by atoms with Gasteiger partial charge in [0, 0.05) is 44.3 Å². The second kappa shape index (κ2) is 10.6. The number of hydrogen-bond donors (Lipinski definition) is 0. The maximum Gasteiger partial charge on any atom is 0.274 e. The Kier molecular flexibility index (Phi) is 7.40. The number of unbranched alkanes of at least 4 members (excludes halogenated alkanes) is 2. The molecule has 33 heavy (non-hydrogen) atoms. The van der Waals surface area contributed by atoms with E-state index < -0.39 is 0 Å². The van der Waals surface area contributed by atoms with E-state index in [2.05, 4.69) is 29.1 Å². The largest absolute Gasteiger partial charge is 0.378 e. The summed E-state index contributed by atoms with van der Waals surface area (Å²) >= 11 is 0. The van der Waals surface area contributed by atoms with Gasteiger partial charge in [-0.15, -0.1) is 0 Å². The average Bonchev–Trinajstić information content (AvgIpc) is 2.86. The van der Waals surface area contributed by atoms with Crippen molar-refractivity contribution in [1.82, 2.24) is 14.7 Å². The second-order valence-corrected chi connectivity index (χ2v) is 8.52. The molecule has 0 unspecified atom stereocenters. The van der Waals surface area contributed by atoms with E-state index in [-0.39, 0.29) is 11.5 Å². The summed E-state index contributed by atoms with van der Waals surface area (Å²) in [7, 11) is 1.79. The van der Waals surface area contributed by atoms with Crippen molar-refractivity contribution in [3.8, 4) is 0 Å². The number of hydrogen-bond acceptors (Lipinski definition) is 5. The van der Waals surface area contributed by atoms with Crippen LogP contribution in [0.3, 0.4) is 0 Å². The van der Waals surface area contributed by atoms with Crippen LogP contribution in [0.4, 0.5) is 5.69 Å². The molecule has 1 aromatic heterocycles. The monoisotopic (exact) mass is 448 g/mol. The van der Waals surface area contributed by atoms with Crippen LogP contribution in [-0.2, 0) is 17.8 Å². The number of rotatable bonds is 8. The molecule has 1 aliphatic heterocycles. The third kappa shape index (κ3) is 5.09. The minimum absolute atomic E-state index is 0.140. The molecule has 7 nitrogen and oxygen atoms in total. The molecular weight excluding hydrogens is 416 g/mol. The Balaban J connectivity index is 1.63. The van der Waals surface area contributed by atoms with Gasteiger partial charge in [-0.25, -0.2) is 4.68 Å². The fourth-order valence-corrected chi connectivity index (χ4v) is 4.32. The van der Waals surface area contributed by atoms with Gasteiger partial charge in [-0.2, -0.15) is 5.10 Å². The van der Waals surface area contributed by atoms with Crippen LogP contribution in [0.2, 0.25) is 0 Å². The molecule has 2 aromatic carbocycles. The summed E-state index contributed by atoms with van der Waals surface area (Å²) in [5.74, 6) is -0.188. The van der Waals surface area contributed by atoms with E-state index in [9.17, 15) is 9.59 Å². The van der Waals surface area contributed by atoms with Gasteiger partial charge in [0.25, 0.3) is 11.5 Å². The zero-order chi connectivity index (χ0) is 23.2. The minimum Gasteiger partial charge on any atom is -0.378 e.